The number of imidazole rings is 1. The number of halogens is 1. The Morgan fingerprint density at radius 2 is 2.05 bits per heavy atom. The van der Waals surface area contributed by atoms with Crippen LogP contribution in [0, 0.1) is 0 Å². The number of aromatic nitrogens is 2. The van der Waals surface area contributed by atoms with Crippen LogP contribution in [0.15, 0.2) is 47.9 Å². The molecular weight excluding hydrogens is 286 g/mol. The predicted octanol–water partition coefficient (Wildman–Crippen LogP) is 1.68. The third-order valence-electron chi connectivity index (χ3n) is 2.57. The van der Waals surface area contributed by atoms with E-state index in [0.717, 1.165) is 5.56 Å². The standard InChI is InChI=1S/C12H14ClN3O2S/c1-16-8-12(14-9-16)19(17,18)15-7-11(13)10-5-3-2-4-6-10/h2-6,8-9,11,15H,7H2,1H3. The Kier molecular flexibility index (Phi) is 4.24. The molecule has 0 aliphatic carbocycles. The van der Waals surface area contributed by atoms with Gasteiger partial charge in [0.15, 0.2) is 5.03 Å². The van der Waals surface area contributed by atoms with Crippen LogP contribution in [-0.4, -0.2) is 24.5 Å². The van der Waals surface area contributed by atoms with Crippen LogP contribution in [-0.2, 0) is 17.1 Å². The summed E-state index contributed by atoms with van der Waals surface area (Å²) in [4.78, 5) is 3.81. The highest BCUT2D eigenvalue weighted by atomic mass is 35.5. The van der Waals surface area contributed by atoms with Crippen molar-refractivity contribution in [2.24, 2.45) is 7.05 Å². The number of nitrogens with one attached hydrogen (secondary N) is 1. The van der Waals surface area contributed by atoms with E-state index < -0.39 is 15.4 Å². The minimum absolute atomic E-state index is 0.00747. The van der Waals surface area contributed by atoms with E-state index in [1.807, 2.05) is 30.3 Å². The maximum atomic E-state index is 11.9. The van der Waals surface area contributed by atoms with E-state index in [9.17, 15) is 8.42 Å². The molecule has 7 heteroatoms. The molecule has 0 radical (unpaired) electrons. The van der Waals surface area contributed by atoms with E-state index in [1.165, 1.54) is 12.5 Å². The van der Waals surface area contributed by atoms with Gasteiger partial charge in [0.05, 0.1) is 11.7 Å². The highest BCUT2D eigenvalue weighted by Gasteiger charge is 2.18. The fourth-order valence-corrected chi connectivity index (χ4v) is 2.90. The number of alkyl halides is 1. The number of aryl methyl sites for hydroxylation is 1. The highest BCUT2D eigenvalue weighted by molar-refractivity contribution is 7.89. The van der Waals surface area contributed by atoms with Crippen molar-refractivity contribution < 1.29 is 8.42 Å². The van der Waals surface area contributed by atoms with Crippen molar-refractivity contribution in [3.8, 4) is 0 Å². The maximum Gasteiger partial charge on any atom is 0.259 e. The molecule has 1 aromatic carbocycles. The Hall–Kier alpha value is -1.37. The van der Waals surface area contributed by atoms with Crippen molar-refractivity contribution in [3.05, 3.63) is 48.4 Å². The molecule has 0 bridgehead atoms. The molecule has 1 heterocycles. The molecule has 2 rings (SSSR count). The van der Waals surface area contributed by atoms with Gasteiger partial charge in [0.25, 0.3) is 10.0 Å². The van der Waals surface area contributed by atoms with Crippen LogP contribution in [0.1, 0.15) is 10.9 Å². The molecule has 0 aliphatic rings. The zero-order valence-electron chi connectivity index (χ0n) is 10.3. The predicted molar refractivity (Wildman–Crippen MR) is 73.4 cm³/mol. The molecule has 2 aromatic rings. The number of rotatable bonds is 5. The van der Waals surface area contributed by atoms with Gasteiger partial charge in [-0.1, -0.05) is 30.3 Å². The molecule has 0 fully saturated rings. The molecule has 1 atom stereocenters. The monoisotopic (exact) mass is 299 g/mol. The zero-order valence-corrected chi connectivity index (χ0v) is 11.9. The maximum absolute atomic E-state index is 11.9. The van der Waals surface area contributed by atoms with E-state index in [4.69, 9.17) is 11.6 Å². The van der Waals surface area contributed by atoms with Gasteiger partial charge in [0.1, 0.15) is 0 Å². The van der Waals surface area contributed by atoms with Gasteiger partial charge < -0.3 is 4.57 Å². The van der Waals surface area contributed by atoms with Crippen molar-refractivity contribution in [2.45, 2.75) is 10.4 Å². The fraction of sp³-hybridized carbons (Fsp3) is 0.250. The summed E-state index contributed by atoms with van der Waals surface area (Å²) < 4.78 is 27.9. The lowest BCUT2D eigenvalue weighted by molar-refractivity contribution is 0.577. The molecule has 0 spiro atoms. The van der Waals surface area contributed by atoms with Crippen molar-refractivity contribution in [2.75, 3.05) is 6.54 Å². The quantitative estimate of drug-likeness (QED) is 0.854. The third kappa shape index (κ3) is 3.56. The summed E-state index contributed by atoms with van der Waals surface area (Å²) in [7, 11) is -1.90. The van der Waals surface area contributed by atoms with Crippen LogP contribution in [0.5, 0.6) is 0 Å². The molecule has 1 aromatic heterocycles. The van der Waals surface area contributed by atoms with E-state index in [1.54, 1.807) is 11.6 Å². The Bertz CT molecular complexity index is 640. The molecule has 1 unspecified atom stereocenters. The van der Waals surface area contributed by atoms with E-state index in [2.05, 4.69) is 9.71 Å². The topological polar surface area (TPSA) is 64.0 Å². The van der Waals surface area contributed by atoms with Gasteiger partial charge in [-0.3, -0.25) is 0 Å². The molecule has 5 nitrogen and oxygen atoms in total. The second kappa shape index (κ2) is 5.73. The van der Waals surface area contributed by atoms with Crippen molar-refractivity contribution in [1.82, 2.24) is 14.3 Å². The van der Waals surface area contributed by atoms with E-state index in [0.29, 0.717) is 0 Å². The van der Waals surface area contributed by atoms with Crippen LogP contribution in [0.4, 0.5) is 0 Å². The van der Waals surface area contributed by atoms with Gasteiger partial charge in [-0.15, -0.1) is 11.6 Å². The number of sulfonamides is 1. The molecular formula is C12H14ClN3O2S. The van der Waals surface area contributed by atoms with E-state index in [-0.39, 0.29) is 11.6 Å². The van der Waals surface area contributed by atoms with E-state index >= 15 is 0 Å². The Labute approximate surface area is 117 Å². The van der Waals surface area contributed by atoms with Crippen molar-refractivity contribution in [3.63, 3.8) is 0 Å². The Balaban J connectivity index is 2.03. The summed E-state index contributed by atoms with van der Waals surface area (Å²) in [5.74, 6) is 0. The summed E-state index contributed by atoms with van der Waals surface area (Å²) in [6.45, 7) is 0.116. The van der Waals surface area contributed by atoms with Gasteiger partial charge in [0, 0.05) is 19.8 Å². The van der Waals surface area contributed by atoms with Gasteiger partial charge in [0.2, 0.25) is 0 Å². The first-order valence-electron chi connectivity index (χ1n) is 5.66. The van der Waals surface area contributed by atoms with Crippen molar-refractivity contribution >= 4 is 21.6 Å². The first-order chi connectivity index (χ1) is 8.99. The number of hydrogen-bond acceptors (Lipinski definition) is 3. The van der Waals surface area contributed by atoms with Gasteiger partial charge in [-0.25, -0.2) is 18.1 Å². The van der Waals surface area contributed by atoms with Gasteiger partial charge in [-0.2, -0.15) is 0 Å². The average molecular weight is 300 g/mol. The molecule has 0 saturated carbocycles. The first-order valence-corrected chi connectivity index (χ1v) is 7.57. The van der Waals surface area contributed by atoms with Crippen molar-refractivity contribution in [1.29, 1.82) is 0 Å². The molecule has 0 saturated heterocycles. The van der Waals surface area contributed by atoms with Gasteiger partial charge in [-0.05, 0) is 5.56 Å². The number of nitrogens with zero attached hydrogens (tertiary/aromatic N) is 2. The smallest absolute Gasteiger partial charge is 0.259 e. The first kappa shape index (κ1) is 14.0. The Morgan fingerprint density at radius 3 is 2.63 bits per heavy atom. The summed E-state index contributed by atoms with van der Waals surface area (Å²) in [6.07, 6.45) is 2.87. The normalized spacial score (nSPS) is 13.4. The lowest BCUT2D eigenvalue weighted by Gasteiger charge is -2.10. The zero-order chi connectivity index (χ0) is 13.9. The lowest BCUT2D eigenvalue weighted by atomic mass is 10.1. The molecule has 0 aliphatic heterocycles. The Morgan fingerprint density at radius 1 is 1.37 bits per heavy atom. The summed E-state index contributed by atoms with van der Waals surface area (Å²) in [6, 6.07) is 9.31. The molecule has 1 N–H and O–H groups in total. The second-order valence-electron chi connectivity index (χ2n) is 4.11. The third-order valence-corrected chi connectivity index (χ3v) is 4.28. The average Bonchev–Trinajstić information content (AvgIpc) is 2.85. The van der Waals surface area contributed by atoms with Crippen LogP contribution in [0.25, 0.3) is 0 Å². The van der Waals surface area contributed by atoms with Crippen LogP contribution in [0.2, 0.25) is 0 Å². The lowest BCUT2D eigenvalue weighted by Crippen LogP contribution is -2.27. The minimum atomic E-state index is -3.61. The van der Waals surface area contributed by atoms with Crippen LogP contribution in [0.3, 0.4) is 0 Å². The molecule has 19 heavy (non-hydrogen) atoms. The highest BCUT2D eigenvalue weighted by Crippen LogP contribution is 2.19. The summed E-state index contributed by atoms with van der Waals surface area (Å²) in [5.41, 5.74) is 0.868. The van der Waals surface area contributed by atoms with Gasteiger partial charge >= 0.3 is 0 Å². The summed E-state index contributed by atoms with van der Waals surface area (Å²) in [5, 5.41) is -0.424. The summed E-state index contributed by atoms with van der Waals surface area (Å²) >= 11 is 6.15. The van der Waals surface area contributed by atoms with Crippen LogP contribution >= 0.6 is 11.6 Å². The number of benzene rings is 1. The molecule has 0 amide bonds. The minimum Gasteiger partial charge on any atom is -0.339 e. The SMILES string of the molecule is Cn1cnc(S(=O)(=O)NCC(Cl)c2ccccc2)c1. The largest absolute Gasteiger partial charge is 0.339 e. The molecule has 102 valence electrons. The second-order valence-corrected chi connectivity index (χ2v) is 6.35. The fourth-order valence-electron chi connectivity index (χ4n) is 1.56. The van der Waals surface area contributed by atoms with Crippen LogP contribution < -0.4 is 4.72 Å². The number of hydrogen-bond donors (Lipinski definition) is 1.